The highest BCUT2D eigenvalue weighted by molar-refractivity contribution is 5.75. The maximum absolute atomic E-state index is 10.6. The Labute approximate surface area is 181 Å². The average molecular weight is 421 g/mol. The zero-order chi connectivity index (χ0) is 22.1. The molecule has 0 unspecified atom stereocenters. The van der Waals surface area contributed by atoms with Crippen LogP contribution in [0.3, 0.4) is 0 Å². The summed E-state index contributed by atoms with van der Waals surface area (Å²) >= 11 is 0. The van der Waals surface area contributed by atoms with Gasteiger partial charge in [-0.25, -0.2) is 0 Å². The van der Waals surface area contributed by atoms with Crippen LogP contribution in [0, 0.1) is 0 Å². The lowest BCUT2D eigenvalue weighted by Gasteiger charge is -2.14. The number of methoxy groups -OCH3 is 1. The monoisotopic (exact) mass is 421 g/mol. The quantitative estimate of drug-likeness (QED) is 0.184. The van der Waals surface area contributed by atoms with E-state index in [1.807, 2.05) is 36.4 Å². The van der Waals surface area contributed by atoms with Gasteiger partial charge in [0, 0.05) is 17.9 Å². The molecule has 7 nitrogen and oxygen atoms in total. The van der Waals surface area contributed by atoms with E-state index >= 15 is 0 Å². The van der Waals surface area contributed by atoms with Gasteiger partial charge in [-0.15, -0.1) is 0 Å². The molecule has 0 bridgehead atoms. The zero-order valence-electron chi connectivity index (χ0n) is 17.3. The molecule has 0 fully saturated rings. The number of benzene rings is 3. The summed E-state index contributed by atoms with van der Waals surface area (Å²) in [4.78, 5) is 10.6. The number of hydrogen-bond acceptors (Lipinski definition) is 6. The molecular weight excluding hydrogens is 394 g/mol. The fourth-order valence-electron chi connectivity index (χ4n) is 3.13. The Balaban J connectivity index is 1.44. The Morgan fingerprint density at radius 3 is 2.32 bits per heavy atom. The van der Waals surface area contributed by atoms with Gasteiger partial charge in [0.25, 0.3) is 0 Å². The summed E-state index contributed by atoms with van der Waals surface area (Å²) in [6.45, 7) is 1.07. The van der Waals surface area contributed by atoms with Crippen molar-refractivity contribution in [3.63, 3.8) is 0 Å². The SMILES string of the molecule is COc1ccc(Nc2ccc(CCNC[C@H](O)c3ccc(O)c(NC=O)c3)cc2)cc1. The van der Waals surface area contributed by atoms with E-state index in [9.17, 15) is 15.0 Å². The molecule has 0 aliphatic heterocycles. The van der Waals surface area contributed by atoms with Crippen LogP contribution in [0.4, 0.5) is 17.1 Å². The van der Waals surface area contributed by atoms with Gasteiger partial charge in [-0.05, 0) is 72.6 Å². The second-order valence-corrected chi connectivity index (χ2v) is 7.06. The molecule has 0 aliphatic rings. The minimum Gasteiger partial charge on any atom is -0.506 e. The maximum Gasteiger partial charge on any atom is 0.211 e. The number of rotatable bonds is 11. The van der Waals surface area contributed by atoms with Gasteiger partial charge in [0.1, 0.15) is 11.5 Å². The Hall–Kier alpha value is -3.55. The highest BCUT2D eigenvalue weighted by Crippen LogP contribution is 2.26. The number of carbonyl (C=O) groups excluding carboxylic acids is 1. The summed E-state index contributed by atoms with van der Waals surface area (Å²) < 4.78 is 5.17. The van der Waals surface area contributed by atoms with Crippen molar-refractivity contribution >= 4 is 23.5 Å². The van der Waals surface area contributed by atoms with Crippen LogP contribution in [0.2, 0.25) is 0 Å². The zero-order valence-corrected chi connectivity index (χ0v) is 17.3. The Bertz CT molecular complexity index is 975. The number of anilines is 3. The Kier molecular flexibility index (Phi) is 7.86. The van der Waals surface area contributed by atoms with Crippen LogP contribution in [0.1, 0.15) is 17.2 Å². The van der Waals surface area contributed by atoms with Crippen LogP contribution < -0.4 is 20.7 Å². The molecule has 1 atom stereocenters. The second-order valence-electron chi connectivity index (χ2n) is 7.06. The lowest BCUT2D eigenvalue weighted by molar-refractivity contribution is -0.105. The standard InChI is InChI=1S/C24H27N3O4/c1-31-21-9-7-20(8-10-21)27-19-5-2-17(3-6-19)12-13-25-15-24(30)18-4-11-23(29)22(14-18)26-16-28/h2-11,14,16,24-25,27,29-30H,12-13,15H2,1H3,(H,26,28)/t24-/m0/s1. The Morgan fingerprint density at radius 2 is 1.68 bits per heavy atom. The van der Waals surface area contributed by atoms with Gasteiger partial charge in [-0.1, -0.05) is 18.2 Å². The molecule has 0 heterocycles. The molecule has 0 aliphatic carbocycles. The van der Waals surface area contributed by atoms with E-state index < -0.39 is 6.10 Å². The largest absolute Gasteiger partial charge is 0.506 e. The number of hydrogen-bond donors (Lipinski definition) is 5. The molecule has 0 saturated carbocycles. The summed E-state index contributed by atoms with van der Waals surface area (Å²) in [6.07, 6.45) is 0.563. The first-order valence-corrected chi connectivity index (χ1v) is 10.0. The first-order chi connectivity index (χ1) is 15.1. The number of carbonyl (C=O) groups is 1. The summed E-state index contributed by atoms with van der Waals surface area (Å²) in [7, 11) is 1.65. The summed E-state index contributed by atoms with van der Waals surface area (Å²) in [5, 5.41) is 29.0. The smallest absolute Gasteiger partial charge is 0.211 e. The van der Waals surface area contributed by atoms with Gasteiger partial charge in [0.2, 0.25) is 6.41 Å². The van der Waals surface area contributed by atoms with E-state index in [-0.39, 0.29) is 11.4 Å². The molecule has 1 amide bonds. The highest BCUT2D eigenvalue weighted by Gasteiger charge is 2.10. The first-order valence-electron chi connectivity index (χ1n) is 10.0. The molecular formula is C24H27N3O4. The maximum atomic E-state index is 10.6. The minimum absolute atomic E-state index is 0.0408. The van der Waals surface area contributed by atoms with Gasteiger partial charge in [0.05, 0.1) is 18.9 Å². The summed E-state index contributed by atoms with van der Waals surface area (Å²) in [5.74, 6) is 0.780. The molecule has 0 spiro atoms. The molecule has 3 aromatic rings. The molecule has 0 radical (unpaired) electrons. The van der Waals surface area contributed by atoms with Crippen LogP contribution in [0.25, 0.3) is 0 Å². The van der Waals surface area contributed by atoms with Crippen molar-refractivity contribution < 1.29 is 19.7 Å². The van der Waals surface area contributed by atoms with Crippen LogP contribution in [0.15, 0.2) is 66.7 Å². The van der Waals surface area contributed by atoms with Crippen LogP contribution >= 0.6 is 0 Å². The van der Waals surface area contributed by atoms with E-state index in [0.29, 0.717) is 25.1 Å². The Morgan fingerprint density at radius 1 is 1.00 bits per heavy atom. The summed E-state index contributed by atoms with van der Waals surface area (Å²) in [5.41, 5.74) is 4.07. The topological polar surface area (TPSA) is 103 Å². The number of nitrogens with one attached hydrogen (secondary N) is 3. The number of aliphatic hydroxyl groups excluding tert-OH is 1. The third-order valence-corrected chi connectivity index (χ3v) is 4.88. The van der Waals surface area contributed by atoms with Crippen LogP contribution in [-0.4, -0.2) is 36.8 Å². The molecule has 162 valence electrons. The number of phenols is 1. The van der Waals surface area contributed by atoms with E-state index in [1.54, 1.807) is 19.2 Å². The lowest BCUT2D eigenvalue weighted by Crippen LogP contribution is -2.23. The van der Waals surface area contributed by atoms with Crippen molar-refractivity contribution in [2.24, 2.45) is 0 Å². The minimum atomic E-state index is -0.746. The van der Waals surface area contributed by atoms with E-state index in [1.165, 1.54) is 11.6 Å². The third-order valence-electron chi connectivity index (χ3n) is 4.88. The fourth-order valence-corrected chi connectivity index (χ4v) is 3.13. The lowest BCUT2D eigenvalue weighted by atomic mass is 10.1. The van der Waals surface area contributed by atoms with E-state index in [2.05, 4.69) is 28.1 Å². The van der Waals surface area contributed by atoms with Gasteiger partial charge < -0.3 is 30.9 Å². The normalized spacial score (nSPS) is 11.5. The number of amides is 1. The molecule has 0 aromatic heterocycles. The second kappa shape index (κ2) is 11.0. The predicted octanol–water partition coefficient (Wildman–Crippen LogP) is 3.58. The van der Waals surface area contributed by atoms with Crippen molar-refractivity contribution in [3.05, 3.63) is 77.9 Å². The fraction of sp³-hybridized carbons (Fsp3) is 0.208. The number of ether oxygens (including phenoxy) is 1. The highest BCUT2D eigenvalue weighted by atomic mass is 16.5. The predicted molar refractivity (Wildman–Crippen MR) is 122 cm³/mol. The van der Waals surface area contributed by atoms with Crippen molar-refractivity contribution in [1.29, 1.82) is 0 Å². The van der Waals surface area contributed by atoms with Crippen molar-refractivity contribution in [1.82, 2.24) is 5.32 Å². The van der Waals surface area contributed by atoms with Gasteiger partial charge in [-0.2, -0.15) is 0 Å². The van der Waals surface area contributed by atoms with Crippen molar-refractivity contribution in [2.75, 3.05) is 30.8 Å². The third kappa shape index (κ3) is 6.47. The van der Waals surface area contributed by atoms with Crippen molar-refractivity contribution in [3.8, 4) is 11.5 Å². The first kappa shape index (κ1) is 22.1. The molecule has 0 saturated heterocycles. The number of aliphatic hydroxyl groups is 1. The van der Waals surface area contributed by atoms with E-state index in [0.717, 1.165) is 23.5 Å². The average Bonchev–Trinajstić information content (AvgIpc) is 2.80. The number of phenolic OH excluding ortho intramolecular Hbond substituents is 1. The number of aromatic hydroxyl groups is 1. The molecule has 3 rings (SSSR count). The van der Waals surface area contributed by atoms with Gasteiger partial charge >= 0.3 is 0 Å². The molecule has 5 N–H and O–H groups in total. The van der Waals surface area contributed by atoms with Gasteiger partial charge in [-0.3, -0.25) is 4.79 Å². The summed E-state index contributed by atoms with van der Waals surface area (Å²) in [6, 6.07) is 20.6. The van der Waals surface area contributed by atoms with Crippen molar-refractivity contribution in [2.45, 2.75) is 12.5 Å². The van der Waals surface area contributed by atoms with Crippen LogP contribution in [0.5, 0.6) is 11.5 Å². The van der Waals surface area contributed by atoms with Crippen LogP contribution in [-0.2, 0) is 11.2 Å². The molecule has 31 heavy (non-hydrogen) atoms. The van der Waals surface area contributed by atoms with Gasteiger partial charge in [0.15, 0.2) is 0 Å². The molecule has 7 heteroatoms. The van der Waals surface area contributed by atoms with E-state index in [4.69, 9.17) is 4.74 Å². The molecule has 3 aromatic carbocycles.